The molecule has 0 saturated carbocycles. The SMILES string of the molecule is CC(OCCCNC(=O)Cc1csc(NC(=O)c2ccco2)n1)c1ccccc1. The molecule has 3 aromatic rings. The smallest absolute Gasteiger partial charge is 0.293 e. The predicted octanol–water partition coefficient (Wildman–Crippen LogP) is 3.82. The molecular formula is C21H23N3O4S. The fraction of sp³-hybridized carbons (Fsp3) is 0.286. The summed E-state index contributed by atoms with van der Waals surface area (Å²) < 4.78 is 10.8. The van der Waals surface area contributed by atoms with Crippen LogP contribution >= 0.6 is 11.3 Å². The molecule has 0 aliphatic rings. The minimum atomic E-state index is -0.370. The van der Waals surface area contributed by atoms with E-state index in [1.54, 1.807) is 17.5 Å². The van der Waals surface area contributed by atoms with E-state index in [-0.39, 0.29) is 30.1 Å². The van der Waals surface area contributed by atoms with Crippen LogP contribution in [-0.4, -0.2) is 29.9 Å². The number of carbonyl (C=O) groups is 2. The average molecular weight is 413 g/mol. The molecule has 0 saturated heterocycles. The number of hydrogen-bond donors (Lipinski definition) is 2. The lowest BCUT2D eigenvalue weighted by Gasteiger charge is -2.13. The third kappa shape index (κ3) is 6.55. The van der Waals surface area contributed by atoms with Crippen molar-refractivity contribution in [3.63, 3.8) is 0 Å². The van der Waals surface area contributed by atoms with Crippen LogP contribution in [-0.2, 0) is 16.0 Å². The van der Waals surface area contributed by atoms with E-state index >= 15 is 0 Å². The summed E-state index contributed by atoms with van der Waals surface area (Å²) in [7, 11) is 0. The van der Waals surface area contributed by atoms with Gasteiger partial charge >= 0.3 is 0 Å². The van der Waals surface area contributed by atoms with Gasteiger partial charge < -0.3 is 14.5 Å². The van der Waals surface area contributed by atoms with Crippen LogP contribution < -0.4 is 10.6 Å². The molecule has 1 unspecified atom stereocenters. The molecule has 0 aliphatic carbocycles. The van der Waals surface area contributed by atoms with Gasteiger partial charge in [0.05, 0.1) is 24.5 Å². The number of hydrogen-bond acceptors (Lipinski definition) is 6. The maximum Gasteiger partial charge on any atom is 0.293 e. The molecule has 0 spiro atoms. The monoisotopic (exact) mass is 413 g/mol. The van der Waals surface area contributed by atoms with Crippen molar-refractivity contribution >= 4 is 28.3 Å². The summed E-state index contributed by atoms with van der Waals surface area (Å²) in [4.78, 5) is 28.2. The molecule has 0 bridgehead atoms. The van der Waals surface area contributed by atoms with Gasteiger partial charge in [0.2, 0.25) is 5.91 Å². The van der Waals surface area contributed by atoms with Crippen LogP contribution in [0.5, 0.6) is 0 Å². The number of rotatable bonds is 10. The molecule has 2 heterocycles. The van der Waals surface area contributed by atoms with Gasteiger partial charge in [0.25, 0.3) is 5.91 Å². The van der Waals surface area contributed by atoms with Crippen LogP contribution in [0.3, 0.4) is 0 Å². The van der Waals surface area contributed by atoms with Crippen LogP contribution in [0.1, 0.15) is 41.3 Å². The molecule has 152 valence electrons. The lowest BCUT2D eigenvalue weighted by Crippen LogP contribution is -2.27. The van der Waals surface area contributed by atoms with Gasteiger partial charge in [-0.3, -0.25) is 14.9 Å². The molecule has 29 heavy (non-hydrogen) atoms. The number of carbonyl (C=O) groups excluding carboxylic acids is 2. The second kappa shape index (κ2) is 10.5. The summed E-state index contributed by atoms with van der Waals surface area (Å²) in [6.07, 6.45) is 2.34. The van der Waals surface area contributed by atoms with Crippen molar-refractivity contribution in [2.24, 2.45) is 0 Å². The van der Waals surface area contributed by atoms with Crippen molar-refractivity contribution in [3.05, 3.63) is 71.1 Å². The quantitative estimate of drug-likeness (QED) is 0.493. The number of thiazole rings is 1. The van der Waals surface area contributed by atoms with Crippen molar-refractivity contribution in [1.82, 2.24) is 10.3 Å². The second-order valence-electron chi connectivity index (χ2n) is 6.38. The van der Waals surface area contributed by atoms with Crippen LogP contribution in [0.2, 0.25) is 0 Å². The lowest BCUT2D eigenvalue weighted by atomic mass is 10.1. The molecule has 8 heteroatoms. The summed E-state index contributed by atoms with van der Waals surface area (Å²) in [5, 5.41) is 7.69. The summed E-state index contributed by atoms with van der Waals surface area (Å²) in [5.41, 5.74) is 1.74. The van der Waals surface area contributed by atoms with E-state index < -0.39 is 0 Å². The number of nitrogens with one attached hydrogen (secondary N) is 2. The highest BCUT2D eigenvalue weighted by molar-refractivity contribution is 7.14. The molecule has 2 amide bonds. The molecule has 2 aromatic heterocycles. The van der Waals surface area contributed by atoms with E-state index in [9.17, 15) is 9.59 Å². The summed E-state index contributed by atoms with van der Waals surface area (Å²) in [6, 6.07) is 13.2. The van der Waals surface area contributed by atoms with Gasteiger partial charge in [-0.1, -0.05) is 30.3 Å². The number of anilines is 1. The highest BCUT2D eigenvalue weighted by Crippen LogP contribution is 2.17. The van der Waals surface area contributed by atoms with Gasteiger partial charge in [-0.15, -0.1) is 11.3 Å². The second-order valence-corrected chi connectivity index (χ2v) is 7.24. The Morgan fingerprint density at radius 2 is 2.03 bits per heavy atom. The molecule has 0 fully saturated rings. The Hall–Kier alpha value is -2.97. The molecule has 0 aliphatic heterocycles. The normalized spacial score (nSPS) is 11.8. The minimum absolute atomic E-state index is 0.0247. The van der Waals surface area contributed by atoms with E-state index in [2.05, 4.69) is 15.6 Å². The zero-order valence-corrected chi connectivity index (χ0v) is 16.9. The van der Waals surface area contributed by atoms with Crippen LogP contribution in [0.15, 0.2) is 58.5 Å². The van der Waals surface area contributed by atoms with Crippen molar-refractivity contribution < 1.29 is 18.7 Å². The zero-order valence-electron chi connectivity index (χ0n) is 16.1. The maximum atomic E-state index is 12.1. The van der Waals surface area contributed by atoms with E-state index in [0.717, 1.165) is 12.0 Å². The Balaban J connectivity index is 1.32. The third-order valence-corrected chi connectivity index (χ3v) is 4.95. The molecule has 7 nitrogen and oxygen atoms in total. The van der Waals surface area contributed by atoms with Gasteiger partial charge in [0.1, 0.15) is 0 Å². The number of amides is 2. The van der Waals surface area contributed by atoms with Crippen molar-refractivity contribution in [3.8, 4) is 0 Å². The fourth-order valence-electron chi connectivity index (χ4n) is 2.62. The maximum absolute atomic E-state index is 12.1. The van der Waals surface area contributed by atoms with Gasteiger partial charge in [-0.05, 0) is 31.0 Å². The van der Waals surface area contributed by atoms with Crippen LogP contribution in [0, 0.1) is 0 Å². The highest BCUT2D eigenvalue weighted by Gasteiger charge is 2.13. The van der Waals surface area contributed by atoms with Crippen LogP contribution in [0.4, 0.5) is 5.13 Å². The fourth-order valence-corrected chi connectivity index (χ4v) is 3.32. The molecule has 1 aromatic carbocycles. The van der Waals surface area contributed by atoms with E-state index in [1.807, 2.05) is 37.3 Å². The molecule has 2 N–H and O–H groups in total. The number of nitrogens with zero attached hydrogens (tertiary/aromatic N) is 1. The first-order chi connectivity index (χ1) is 14.1. The predicted molar refractivity (Wildman–Crippen MR) is 111 cm³/mol. The highest BCUT2D eigenvalue weighted by atomic mass is 32.1. The van der Waals surface area contributed by atoms with Gasteiger partial charge in [0, 0.05) is 18.5 Å². The summed E-state index contributed by atoms with van der Waals surface area (Å²) in [5.74, 6) is -0.274. The Labute approximate surface area is 173 Å². The molecule has 0 radical (unpaired) electrons. The topological polar surface area (TPSA) is 93.5 Å². The first kappa shape index (κ1) is 20.8. The summed E-state index contributed by atoms with van der Waals surface area (Å²) >= 11 is 1.27. The Bertz CT molecular complexity index is 909. The van der Waals surface area contributed by atoms with Gasteiger partial charge in [-0.25, -0.2) is 4.98 Å². The Morgan fingerprint density at radius 1 is 1.21 bits per heavy atom. The number of ether oxygens (including phenoxy) is 1. The Kier molecular flexibility index (Phi) is 7.54. The molecular weight excluding hydrogens is 390 g/mol. The number of furan rings is 1. The minimum Gasteiger partial charge on any atom is -0.459 e. The van der Waals surface area contributed by atoms with E-state index in [4.69, 9.17) is 9.15 Å². The average Bonchev–Trinajstić information content (AvgIpc) is 3.40. The zero-order chi connectivity index (χ0) is 20.5. The third-order valence-electron chi connectivity index (χ3n) is 4.14. The van der Waals surface area contributed by atoms with Crippen molar-refractivity contribution in [1.29, 1.82) is 0 Å². The van der Waals surface area contributed by atoms with E-state index in [1.165, 1.54) is 17.6 Å². The van der Waals surface area contributed by atoms with Gasteiger partial charge in [0.15, 0.2) is 10.9 Å². The molecule has 3 rings (SSSR count). The lowest BCUT2D eigenvalue weighted by molar-refractivity contribution is -0.120. The number of aromatic nitrogens is 1. The van der Waals surface area contributed by atoms with Crippen molar-refractivity contribution in [2.45, 2.75) is 25.9 Å². The van der Waals surface area contributed by atoms with Crippen molar-refractivity contribution in [2.75, 3.05) is 18.5 Å². The number of benzene rings is 1. The largest absolute Gasteiger partial charge is 0.459 e. The first-order valence-electron chi connectivity index (χ1n) is 9.34. The van der Waals surface area contributed by atoms with Gasteiger partial charge in [-0.2, -0.15) is 0 Å². The van der Waals surface area contributed by atoms with Crippen LogP contribution in [0.25, 0.3) is 0 Å². The standard InChI is InChI=1S/C21H23N3O4S/c1-15(16-7-3-2-4-8-16)27-12-6-10-22-19(25)13-17-14-29-21(23-17)24-20(26)18-9-5-11-28-18/h2-5,7-9,11,14-15H,6,10,12-13H2,1H3,(H,22,25)(H,23,24,26). The van der Waals surface area contributed by atoms with E-state index in [0.29, 0.717) is 24.0 Å². The first-order valence-corrected chi connectivity index (χ1v) is 10.2. The molecule has 1 atom stereocenters. The summed E-state index contributed by atoms with van der Waals surface area (Å²) in [6.45, 7) is 3.11. The Morgan fingerprint density at radius 3 is 2.79 bits per heavy atom.